The predicted octanol–water partition coefficient (Wildman–Crippen LogP) is 2.25. The molecule has 1 heterocycles. The Morgan fingerprint density at radius 1 is 1.32 bits per heavy atom. The molecular weight excluding hydrogens is 268 g/mol. The lowest BCUT2D eigenvalue weighted by Gasteiger charge is -2.06. The van der Waals surface area contributed by atoms with Crippen LogP contribution in [0, 0.1) is 0 Å². The number of hydrogen-bond acceptors (Lipinski definition) is 7. The quantitative estimate of drug-likeness (QED) is 0.628. The van der Waals surface area contributed by atoms with E-state index in [1.54, 1.807) is 18.2 Å². The summed E-state index contributed by atoms with van der Waals surface area (Å²) in [7, 11) is 2.86. The molecule has 0 aliphatic carbocycles. The predicted molar refractivity (Wildman–Crippen MR) is 69.4 cm³/mol. The van der Waals surface area contributed by atoms with Gasteiger partial charge in [0.2, 0.25) is 5.89 Å². The molecule has 0 atom stereocenters. The van der Waals surface area contributed by atoms with Crippen molar-refractivity contribution in [3.05, 3.63) is 23.8 Å². The van der Waals surface area contributed by atoms with Crippen molar-refractivity contribution in [2.45, 2.75) is 5.22 Å². The summed E-state index contributed by atoms with van der Waals surface area (Å²) in [5, 5.41) is 8.18. The van der Waals surface area contributed by atoms with Crippen LogP contribution in [0.3, 0.4) is 0 Å². The number of rotatable bonds is 4. The number of methoxy groups -OCH3 is 2. The van der Waals surface area contributed by atoms with Crippen molar-refractivity contribution < 1.29 is 18.7 Å². The zero-order valence-electron chi connectivity index (χ0n) is 10.7. The van der Waals surface area contributed by atoms with E-state index in [1.165, 1.54) is 26.0 Å². The number of esters is 1. The largest absolute Gasteiger partial charge is 0.497 e. The van der Waals surface area contributed by atoms with Crippen LogP contribution in [0.25, 0.3) is 11.5 Å². The number of carbonyl (C=O) groups excluding carboxylic acids is 1. The summed E-state index contributed by atoms with van der Waals surface area (Å²) in [4.78, 5) is 11.7. The third-order valence-electron chi connectivity index (χ3n) is 2.44. The highest BCUT2D eigenvalue weighted by molar-refractivity contribution is 7.98. The van der Waals surface area contributed by atoms with Crippen LogP contribution in [0.4, 0.5) is 0 Å². The van der Waals surface area contributed by atoms with Gasteiger partial charge in [-0.05, 0) is 24.5 Å². The molecule has 0 saturated heterocycles. The number of ether oxygens (including phenoxy) is 2. The molecule has 2 aromatic rings. The standard InChI is InChI=1S/C12H12N2O4S/c1-16-7-4-5-8(11(15)17-2)9(6-7)10-13-14-12(18-10)19-3/h4-6H,1-3H3. The Morgan fingerprint density at radius 3 is 2.68 bits per heavy atom. The highest BCUT2D eigenvalue weighted by Crippen LogP contribution is 2.29. The third-order valence-corrected chi connectivity index (χ3v) is 2.96. The van der Waals surface area contributed by atoms with E-state index in [9.17, 15) is 4.79 Å². The van der Waals surface area contributed by atoms with Crippen LogP contribution in [-0.4, -0.2) is 36.6 Å². The Hall–Kier alpha value is -2.02. The average Bonchev–Trinajstić information content (AvgIpc) is 2.94. The van der Waals surface area contributed by atoms with Crippen molar-refractivity contribution in [2.24, 2.45) is 0 Å². The van der Waals surface area contributed by atoms with Gasteiger partial charge >= 0.3 is 5.97 Å². The second-order valence-corrected chi connectivity index (χ2v) is 4.24. The minimum atomic E-state index is -0.471. The van der Waals surface area contributed by atoms with E-state index in [0.717, 1.165) is 0 Å². The fourth-order valence-electron chi connectivity index (χ4n) is 1.52. The van der Waals surface area contributed by atoms with Gasteiger partial charge in [0, 0.05) is 0 Å². The first-order valence-corrected chi connectivity index (χ1v) is 6.56. The number of nitrogens with zero attached hydrogens (tertiary/aromatic N) is 2. The molecule has 0 spiro atoms. The summed E-state index contributed by atoms with van der Waals surface area (Å²) in [6.45, 7) is 0. The molecule has 0 unspecified atom stereocenters. The first kappa shape index (κ1) is 13.4. The summed E-state index contributed by atoms with van der Waals surface area (Å²) in [5.74, 6) is 0.372. The lowest BCUT2D eigenvalue weighted by atomic mass is 10.1. The second kappa shape index (κ2) is 5.75. The Bertz CT molecular complexity index is 597. The third kappa shape index (κ3) is 2.70. The van der Waals surface area contributed by atoms with Crippen LogP contribution in [-0.2, 0) is 4.74 Å². The average molecular weight is 280 g/mol. The lowest BCUT2D eigenvalue weighted by Crippen LogP contribution is -2.04. The smallest absolute Gasteiger partial charge is 0.338 e. The van der Waals surface area contributed by atoms with Gasteiger partial charge in [-0.1, -0.05) is 11.8 Å². The molecule has 0 bridgehead atoms. The van der Waals surface area contributed by atoms with Crippen LogP contribution < -0.4 is 4.74 Å². The van der Waals surface area contributed by atoms with Gasteiger partial charge in [0.15, 0.2) is 0 Å². The van der Waals surface area contributed by atoms with Gasteiger partial charge in [0.25, 0.3) is 5.22 Å². The zero-order chi connectivity index (χ0) is 13.8. The SMILES string of the molecule is COC(=O)c1ccc(OC)cc1-c1nnc(SC)o1. The Kier molecular flexibility index (Phi) is 4.06. The normalized spacial score (nSPS) is 10.3. The van der Waals surface area contributed by atoms with E-state index < -0.39 is 5.97 Å². The molecule has 0 fully saturated rings. The van der Waals surface area contributed by atoms with E-state index in [-0.39, 0.29) is 5.89 Å². The number of benzene rings is 1. The first-order chi connectivity index (χ1) is 9.19. The van der Waals surface area contributed by atoms with Crippen LogP contribution >= 0.6 is 11.8 Å². The van der Waals surface area contributed by atoms with Gasteiger partial charge in [0.05, 0.1) is 25.3 Å². The van der Waals surface area contributed by atoms with Gasteiger partial charge in [-0.25, -0.2) is 4.79 Å². The number of carbonyl (C=O) groups is 1. The minimum Gasteiger partial charge on any atom is -0.497 e. The van der Waals surface area contributed by atoms with Crippen molar-refractivity contribution in [1.82, 2.24) is 10.2 Å². The maximum absolute atomic E-state index is 11.7. The van der Waals surface area contributed by atoms with Crippen molar-refractivity contribution in [3.8, 4) is 17.2 Å². The van der Waals surface area contributed by atoms with Gasteiger partial charge < -0.3 is 13.9 Å². The van der Waals surface area contributed by atoms with Crippen LogP contribution in [0.5, 0.6) is 5.75 Å². The van der Waals surface area contributed by atoms with E-state index >= 15 is 0 Å². The Morgan fingerprint density at radius 2 is 2.11 bits per heavy atom. The topological polar surface area (TPSA) is 74.5 Å². The highest BCUT2D eigenvalue weighted by atomic mass is 32.2. The molecule has 100 valence electrons. The van der Waals surface area contributed by atoms with Gasteiger partial charge in [-0.2, -0.15) is 0 Å². The molecule has 1 aromatic heterocycles. The minimum absolute atomic E-state index is 0.253. The van der Waals surface area contributed by atoms with Crippen LogP contribution in [0.15, 0.2) is 27.8 Å². The second-order valence-electron chi connectivity index (χ2n) is 3.48. The fraction of sp³-hybridized carbons (Fsp3) is 0.250. The molecule has 0 aliphatic heterocycles. The molecule has 6 nitrogen and oxygen atoms in total. The van der Waals surface area contributed by atoms with Gasteiger partial charge in [-0.15, -0.1) is 10.2 Å². The maximum atomic E-state index is 11.7. The molecule has 19 heavy (non-hydrogen) atoms. The zero-order valence-corrected chi connectivity index (χ0v) is 11.5. The summed E-state index contributed by atoms with van der Waals surface area (Å²) < 4.78 is 15.3. The molecule has 7 heteroatoms. The van der Waals surface area contributed by atoms with E-state index in [1.807, 2.05) is 6.26 Å². The maximum Gasteiger partial charge on any atom is 0.338 e. The summed E-state index contributed by atoms with van der Waals surface area (Å²) in [6.07, 6.45) is 1.82. The van der Waals surface area contributed by atoms with Crippen molar-refractivity contribution in [1.29, 1.82) is 0 Å². The molecule has 2 rings (SSSR count). The fourth-order valence-corrected chi connectivity index (χ4v) is 1.80. The molecule has 0 aliphatic rings. The van der Waals surface area contributed by atoms with E-state index in [2.05, 4.69) is 10.2 Å². The van der Waals surface area contributed by atoms with Crippen LogP contribution in [0.1, 0.15) is 10.4 Å². The highest BCUT2D eigenvalue weighted by Gasteiger charge is 2.19. The molecule has 0 radical (unpaired) electrons. The lowest BCUT2D eigenvalue weighted by molar-refractivity contribution is 0.0601. The number of thioether (sulfide) groups is 1. The number of hydrogen-bond donors (Lipinski definition) is 0. The summed E-state index contributed by atoms with van der Waals surface area (Å²) >= 11 is 1.33. The Balaban J connectivity index is 2.54. The van der Waals surface area contributed by atoms with Crippen LogP contribution in [0.2, 0.25) is 0 Å². The van der Waals surface area contributed by atoms with E-state index in [4.69, 9.17) is 13.9 Å². The van der Waals surface area contributed by atoms with Crippen molar-refractivity contribution >= 4 is 17.7 Å². The number of aromatic nitrogens is 2. The molecule has 0 saturated carbocycles. The van der Waals surface area contributed by atoms with E-state index in [0.29, 0.717) is 22.1 Å². The molecule has 1 aromatic carbocycles. The van der Waals surface area contributed by atoms with Crippen molar-refractivity contribution in [2.75, 3.05) is 20.5 Å². The summed E-state index contributed by atoms with van der Waals surface area (Å²) in [6, 6.07) is 4.93. The summed E-state index contributed by atoms with van der Waals surface area (Å²) in [5.41, 5.74) is 0.832. The van der Waals surface area contributed by atoms with Gasteiger partial charge in [-0.3, -0.25) is 0 Å². The monoisotopic (exact) mass is 280 g/mol. The van der Waals surface area contributed by atoms with Gasteiger partial charge in [0.1, 0.15) is 5.75 Å². The Labute approximate surface area is 114 Å². The molecular formula is C12H12N2O4S. The van der Waals surface area contributed by atoms with Crippen molar-refractivity contribution in [3.63, 3.8) is 0 Å². The first-order valence-electron chi connectivity index (χ1n) is 5.33. The molecule has 0 amide bonds. The molecule has 0 N–H and O–H groups in total.